The molecular formula is C20H39NO2. The van der Waals surface area contributed by atoms with E-state index in [1.54, 1.807) is 0 Å². The van der Waals surface area contributed by atoms with E-state index in [9.17, 15) is 4.79 Å². The van der Waals surface area contributed by atoms with Crippen LogP contribution in [0.2, 0.25) is 0 Å². The van der Waals surface area contributed by atoms with Crippen LogP contribution in [-0.4, -0.2) is 27.7 Å². The number of ether oxygens (including phenoxy) is 1. The first kappa shape index (κ1) is 20.3. The average molecular weight is 326 g/mol. The van der Waals surface area contributed by atoms with E-state index in [0.717, 1.165) is 0 Å². The molecule has 3 nitrogen and oxygen atoms in total. The van der Waals surface area contributed by atoms with Gasteiger partial charge in [0, 0.05) is 11.1 Å². The van der Waals surface area contributed by atoms with Gasteiger partial charge in [-0.2, -0.15) is 0 Å². The number of carbonyl (C=O) groups excluding carboxylic acids is 1. The summed E-state index contributed by atoms with van der Waals surface area (Å²) in [7, 11) is 0. The lowest BCUT2D eigenvalue weighted by atomic mass is 9.41. The van der Waals surface area contributed by atoms with Crippen molar-refractivity contribution in [1.29, 1.82) is 0 Å². The van der Waals surface area contributed by atoms with Gasteiger partial charge in [0.25, 0.3) is 0 Å². The van der Waals surface area contributed by atoms with Crippen LogP contribution in [-0.2, 0) is 4.74 Å². The van der Waals surface area contributed by atoms with E-state index in [1.807, 2.05) is 25.7 Å². The summed E-state index contributed by atoms with van der Waals surface area (Å²) in [6.45, 7) is 28.3. The van der Waals surface area contributed by atoms with Crippen molar-refractivity contribution in [2.45, 2.75) is 107 Å². The van der Waals surface area contributed by atoms with Crippen molar-refractivity contribution < 1.29 is 9.53 Å². The summed E-state index contributed by atoms with van der Waals surface area (Å²) in [5.74, 6) is 0. The number of hydrogen-bond donors (Lipinski definition) is 0. The molecule has 1 aliphatic heterocycles. The summed E-state index contributed by atoms with van der Waals surface area (Å²) in [6.07, 6.45) is -0.218. The molecule has 0 atom stereocenters. The van der Waals surface area contributed by atoms with Crippen molar-refractivity contribution in [3.05, 3.63) is 0 Å². The Hall–Kier alpha value is -0.730. The first-order valence-corrected chi connectivity index (χ1v) is 8.78. The number of amides is 1. The van der Waals surface area contributed by atoms with Gasteiger partial charge >= 0.3 is 6.09 Å². The number of rotatable bonds is 0. The first-order chi connectivity index (χ1) is 9.75. The minimum atomic E-state index is -0.496. The zero-order chi connectivity index (χ0) is 18.9. The lowest BCUT2D eigenvalue weighted by molar-refractivity contribution is -0.235. The molecule has 23 heavy (non-hydrogen) atoms. The Morgan fingerprint density at radius 3 is 1.26 bits per heavy atom. The Kier molecular flexibility index (Phi) is 4.32. The van der Waals surface area contributed by atoms with Crippen LogP contribution in [0.1, 0.15) is 90.0 Å². The lowest BCUT2D eigenvalue weighted by Crippen LogP contribution is -2.79. The summed E-state index contributed by atoms with van der Waals surface area (Å²) in [6, 6.07) is 0. The Balaban J connectivity index is 3.60. The Labute approximate surface area is 144 Å². The molecule has 0 aromatic heterocycles. The van der Waals surface area contributed by atoms with E-state index in [4.69, 9.17) is 4.74 Å². The highest BCUT2D eigenvalue weighted by molar-refractivity contribution is 5.71. The molecule has 1 heterocycles. The first-order valence-electron chi connectivity index (χ1n) is 8.78. The maximum atomic E-state index is 13.1. The molecule has 1 amide bonds. The van der Waals surface area contributed by atoms with E-state index >= 15 is 0 Å². The molecule has 1 fully saturated rings. The Morgan fingerprint density at radius 1 is 0.696 bits per heavy atom. The topological polar surface area (TPSA) is 29.5 Å². The van der Waals surface area contributed by atoms with Gasteiger partial charge in [0.05, 0.1) is 0 Å². The van der Waals surface area contributed by atoms with Crippen molar-refractivity contribution in [1.82, 2.24) is 4.90 Å². The number of nitrogens with zero attached hydrogens (tertiary/aromatic N) is 1. The number of hydrogen-bond acceptors (Lipinski definition) is 2. The minimum absolute atomic E-state index is 0.0332. The third kappa shape index (κ3) is 2.49. The molecular weight excluding hydrogens is 286 g/mol. The van der Waals surface area contributed by atoms with Crippen LogP contribution in [0, 0.1) is 16.2 Å². The minimum Gasteiger partial charge on any atom is -0.444 e. The molecule has 0 aromatic carbocycles. The van der Waals surface area contributed by atoms with E-state index in [1.165, 1.54) is 0 Å². The van der Waals surface area contributed by atoms with Gasteiger partial charge in [-0.1, -0.05) is 41.5 Å². The van der Waals surface area contributed by atoms with E-state index in [-0.39, 0.29) is 33.4 Å². The van der Waals surface area contributed by atoms with Gasteiger partial charge in [0.1, 0.15) is 5.60 Å². The molecule has 1 aliphatic rings. The second-order valence-corrected chi connectivity index (χ2v) is 10.8. The predicted molar refractivity (Wildman–Crippen MR) is 97.6 cm³/mol. The highest BCUT2D eigenvalue weighted by Crippen LogP contribution is 2.67. The van der Waals surface area contributed by atoms with Gasteiger partial charge in [-0.3, -0.25) is 4.90 Å². The van der Waals surface area contributed by atoms with E-state index in [2.05, 4.69) is 69.2 Å². The molecule has 136 valence electrons. The average Bonchev–Trinajstić information content (AvgIpc) is 2.22. The molecule has 0 saturated carbocycles. The van der Waals surface area contributed by atoms with Crippen molar-refractivity contribution in [2.75, 3.05) is 0 Å². The third-order valence-corrected chi connectivity index (χ3v) is 7.88. The summed E-state index contributed by atoms with van der Waals surface area (Å²) < 4.78 is 5.79. The van der Waals surface area contributed by atoms with E-state index < -0.39 is 5.60 Å². The number of likely N-dealkylation sites (tertiary alicyclic amines) is 1. The second kappa shape index (κ2) is 4.89. The van der Waals surface area contributed by atoms with Gasteiger partial charge in [0.15, 0.2) is 0 Å². The standard InChI is InChI=1S/C20H39NO2/c1-15(2,3)23-14(22)21-19(10,11)17(6,7)16(4,5)18(8,9)20(21,12)13/h1-13H3. The quantitative estimate of drug-likeness (QED) is 0.557. The van der Waals surface area contributed by atoms with Gasteiger partial charge in [-0.25, -0.2) is 4.79 Å². The van der Waals surface area contributed by atoms with Crippen LogP contribution >= 0.6 is 0 Å². The van der Waals surface area contributed by atoms with Gasteiger partial charge in [0.2, 0.25) is 0 Å². The Morgan fingerprint density at radius 2 is 1.00 bits per heavy atom. The van der Waals surface area contributed by atoms with Crippen LogP contribution in [0.5, 0.6) is 0 Å². The molecule has 1 saturated heterocycles. The maximum Gasteiger partial charge on any atom is 0.411 e. The van der Waals surface area contributed by atoms with Crippen molar-refractivity contribution in [2.24, 2.45) is 16.2 Å². The molecule has 0 bridgehead atoms. The van der Waals surface area contributed by atoms with Gasteiger partial charge < -0.3 is 4.74 Å². The highest BCUT2D eigenvalue weighted by Gasteiger charge is 2.69. The third-order valence-electron chi connectivity index (χ3n) is 7.88. The molecule has 3 heteroatoms. The summed E-state index contributed by atoms with van der Waals surface area (Å²) in [5.41, 5.74) is -1.31. The van der Waals surface area contributed by atoms with Crippen LogP contribution in [0.15, 0.2) is 0 Å². The molecule has 0 radical (unpaired) electrons. The molecule has 0 N–H and O–H groups in total. The number of carbonyl (C=O) groups is 1. The van der Waals surface area contributed by atoms with Crippen LogP contribution < -0.4 is 0 Å². The van der Waals surface area contributed by atoms with Gasteiger partial charge in [-0.15, -0.1) is 0 Å². The summed E-state index contributed by atoms with van der Waals surface area (Å²) >= 11 is 0. The SMILES string of the molecule is CC(C)(C)OC(=O)N1C(C)(C)C(C)(C)C(C)(C)C(C)(C)C1(C)C. The fourth-order valence-corrected chi connectivity index (χ4v) is 4.33. The largest absolute Gasteiger partial charge is 0.444 e. The molecule has 1 rings (SSSR count). The second-order valence-electron chi connectivity index (χ2n) is 10.8. The van der Waals surface area contributed by atoms with Crippen LogP contribution in [0.4, 0.5) is 4.79 Å². The smallest absolute Gasteiger partial charge is 0.411 e. The molecule has 0 unspecified atom stereocenters. The van der Waals surface area contributed by atoms with Crippen molar-refractivity contribution in [3.63, 3.8) is 0 Å². The number of piperidine rings is 1. The summed E-state index contributed by atoms with van der Waals surface area (Å²) in [4.78, 5) is 15.1. The highest BCUT2D eigenvalue weighted by atomic mass is 16.6. The fraction of sp³-hybridized carbons (Fsp3) is 0.950. The predicted octanol–water partition coefficient (Wildman–Crippen LogP) is 5.87. The zero-order valence-electron chi connectivity index (χ0n) is 17.8. The van der Waals surface area contributed by atoms with Crippen molar-refractivity contribution >= 4 is 6.09 Å². The monoisotopic (exact) mass is 325 g/mol. The lowest BCUT2D eigenvalue weighted by Gasteiger charge is -2.73. The molecule has 0 aromatic rings. The fourth-order valence-electron chi connectivity index (χ4n) is 4.33. The maximum absolute atomic E-state index is 13.1. The Bertz CT molecular complexity index is 460. The van der Waals surface area contributed by atoms with Crippen LogP contribution in [0.3, 0.4) is 0 Å². The summed E-state index contributed by atoms with van der Waals surface area (Å²) in [5, 5.41) is 0. The zero-order valence-corrected chi connectivity index (χ0v) is 17.8. The van der Waals surface area contributed by atoms with E-state index in [0.29, 0.717) is 0 Å². The van der Waals surface area contributed by atoms with Crippen molar-refractivity contribution in [3.8, 4) is 0 Å². The molecule has 0 aliphatic carbocycles. The molecule has 0 spiro atoms. The van der Waals surface area contributed by atoms with Gasteiger partial charge in [-0.05, 0) is 64.7 Å². The van der Waals surface area contributed by atoms with Crippen LogP contribution in [0.25, 0.3) is 0 Å². The normalized spacial score (nSPS) is 27.4.